The van der Waals surface area contributed by atoms with Gasteiger partial charge in [-0.05, 0) is 73.8 Å². The molecule has 2 aliphatic rings. The molecule has 2 heterocycles. The van der Waals surface area contributed by atoms with Crippen molar-refractivity contribution in [3.63, 3.8) is 0 Å². The average molecular weight is 760 g/mol. The summed E-state index contributed by atoms with van der Waals surface area (Å²) in [5.74, 6) is 0.921. The second-order valence-corrected chi connectivity index (χ2v) is 15.4. The number of benzene rings is 2. The molecule has 5 rings (SSSR count). The Kier molecular flexibility index (Phi) is 13.1. The van der Waals surface area contributed by atoms with E-state index in [4.69, 9.17) is 30.5 Å². The van der Waals surface area contributed by atoms with Gasteiger partial charge in [0, 0.05) is 55.3 Å². The van der Waals surface area contributed by atoms with Crippen LogP contribution in [-0.2, 0) is 20.7 Å². The molecule has 0 bridgehead atoms. The van der Waals surface area contributed by atoms with Crippen LogP contribution in [0.15, 0.2) is 54.7 Å². The summed E-state index contributed by atoms with van der Waals surface area (Å²) in [6, 6.07) is 15.8. The number of halogens is 1. The van der Waals surface area contributed by atoms with Gasteiger partial charge in [0.25, 0.3) is 5.91 Å². The van der Waals surface area contributed by atoms with Crippen LogP contribution < -0.4 is 19.7 Å². The standard InChI is InChI=1S/C41H50ClN5O7/c1-40(2)38(41(3,4)39(40)54-31-12-10-27(25-43)33(42)24-31)45-36(49)28-11-15-34(44-26-28)47-19-17-46(18-20-47)16-8-7-9-21-53-30-13-14-32(37(50)52-6)29(22-30)23-35(48)51-5/h10-15,22,24,26,38-39H,7-9,16-21,23H2,1-6H3,(H,45,49). The zero-order valence-electron chi connectivity index (χ0n) is 31.9. The van der Waals surface area contributed by atoms with Crippen molar-refractivity contribution in [1.82, 2.24) is 15.2 Å². The quantitative estimate of drug-likeness (QED) is 0.142. The van der Waals surface area contributed by atoms with Gasteiger partial charge in [-0.15, -0.1) is 0 Å². The van der Waals surface area contributed by atoms with E-state index in [1.807, 2.05) is 12.1 Å². The molecule has 1 saturated carbocycles. The Hall–Kier alpha value is -4.86. The molecular weight excluding hydrogens is 710 g/mol. The Morgan fingerprint density at radius 2 is 1.65 bits per heavy atom. The summed E-state index contributed by atoms with van der Waals surface area (Å²) < 4.78 is 21.9. The molecule has 3 aromatic rings. The number of anilines is 1. The Morgan fingerprint density at radius 3 is 2.28 bits per heavy atom. The van der Waals surface area contributed by atoms with Crippen LogP contribution in [0.25, 0.3) is 0 Å². The Morgan fingerprint density at radius 1 is 0.926 bits per heavy atom. The summed E-state index contributed by atoms with van der Waals surface area (Å²) in [7, 11) is 2.61. The number of pyridine rings is 1. The Labute approximate surface area is 322 Å². The van der Waals surface area contributed by atoms with Gasteiger partial charge in [-0.25, -0.2) is 9.78 Å². The summed E-state index contributed by atoms with van der Waals surface area (Å²) in [5.41, 5.74) is 1.01. The molecule has 54 heavy (non-hydrogen) atoms. The maximum Gasteiger partial charge on any atom is 0.338 e. The van der Waals surface area contributed by atoms with Crippen LogP contribution in [-0.4, -0.2) is 93.4 Å². The first kappa shape index (κ1) is 40.3. The van der Waals surface area contributed by atoms with Gasteiger partial charge in [0.2, 0.25) is 0 Å². The number of esters is 2. The third-order valence-electron chi connectivity index (χ3n) is 10.6. The van der Waals surface area contributed by atoms with E-state index in [1.165, 1.54) is 14.2 Å². The molecule has 0 atom stereocenters. The molecule has 1 amide bonds. The molecule has 0 spiro atoms. The van der Waals surface area contributed by atoms with E-state index in [0.717, 1.165) is 57.8 Å². The summed E-state index contributed by atoms with van der Waals surface area (Å²) >= 11 is 6.23. The second kappa shape index (κ2) is 17.5. The molecule has 2 fully saturated rings. The van der Waals surface area contributed by atoms with E-state index >= 15 is 0 Å². The van der Waals surface area contributed by atoms with Crippen LogP contribution >= 0.6 is 11.6 Å². The fourth-order valence-corrected chi connectivity index (χ4v) is 8.08. The number of nitriles is 1. The van der Waals surface area contributed by atoms with Crippen LogP contribution in [0, 0.1) is 22.2 Å². The van der Waals surface area contributed by atoms with Gasteiger partial charge < -0.3 is 29.2 Å². The highest BCUT2D eigenvalue weighted by Gasteiger charge is 2.64. The summed E-state index contributed by atoms with van der Waals surface area (Å²) in [5, 5.41) is 12.8. The van der Waals surface area contributed by atoms with Gasteiger partial charge >= 0.3 is 11.9 Å². The van der Waals surface area contributed by atoms with Crippen molar-refractivity contribution in [2.75, 3.05) is 58.5 Å². The largest absolute Gasteiger partial charge is 0.494 e. The normalized spacial score (nSPS) is 18.8. The molecule has 1 aliphatic carbocycles. The lowest BCUT2D eigenvalue weighted by molar-refractivity contribution is -0.164. The summed E-state index contributed by atoms with van der Waals surface area (Å²) in [4.78, 5) is 46.7. The van der Waals surface area contributed by atoms with Crippen molar-refractivity contribution in [2.45, 2.75) is 65.5 Å². The Balaban J connectivity index is 1.02. The second-order valence-electron chi connectivity index (χ2n) is 15.0. The van der Waals surface area contributed by atoms with Crippen LogP contribution in [0.5, 0.6) is 11.5 Å². The smallest absolute Gasteiger partial charge is 0.338 e. The number of piperazine rings is 1. The van der Waals surface area contributed by atoms with Gasteiger partial charge in [-0.1, -0.05) is 39.3 Å². The van der Waals surface area contributed by atoms with Crippen LogP contribution in [0.1, 0.15) is 78.8 Å². The SMILES string of the molecule is COC(=O)Cc1cc(OCCCCCN2CCN(c3ccc(C(=O)NC4C(C)(C)C(Oc5ccc(C#N)c(Cl)c5)C4(C)C)cn3)CC2)ccc1C(=O)OC. The summed E-state index contributed by atoms with van der Waals surface area (Å²) in [6.07, 6.45) is 4.36. The maximum absolute atomic E-state index is 13.4. The molecule has 1 saturated heterocycles. The predicted molar refractivity (Wildman–Crippen MR) is 205 cm³/mol. The van der Waals surface area contributed by atoms with E-state index in [-0.39, 0.29) is 35.3 Å². The first-order valence-corrected chi connectivity index (χ1v) is 18.7. The number of unbranched alkanes of at least 4 members (excludes halogenated alkanes) is 2. The molecule has 0 radical (unpaired) electrons. The molecule has 2 aromatic carbocycles. The molecule has 12 nitrogen and oxygen atoms in total. The predicted octanol–water partition coefficient (Wildman–Crippen LogP) is 6.09. The minimum absolute atomic E-state index is 0.0418. The number of carbonyl (C=O) groups excluding carboxylic acids is 3. The minimum Gasteiger partial charge on any atom is -0.494 e. The fraction of sp³-hybridized carbons (Fsp3) is 0.488. The van der Waals surface area contributed by atoms with Gasteiger partial charge in [-0.2, -0.15) is 5.26 Å². The van der Waals surface area contributed by atoms with Crippen molar-refractivity contribution in [1.29, 1.82) is 5.26 Å². The third kappa shape index (κ3) is 9.25. The highest BCUT2D eigenvalue weighted by atomic mass is 35.5. The van der Waals surface area contributed by atoms with Gasteiger partial charge in [0.15, 0.2) is 0 Å². The van der Waals surface area contributed by atoms with E-state index < -0.39 is 11.9 Å². The lowest BCUT2D eigenvalue weighted by Crippen LogP contribution is -2.74. The number of rotatable bonds is 15. The number of nitrogens with zero attached hydrogens (tertiary/aromatic N) is 4. The number of aromatic nitrogens is 1. The molecule has 1 aliphatic heterocycles. The van der Waals surface area contributed by atoms with E-state index in [2.05, 4.69) is 53.9 Å². The van der Waals surface area contributed by atoms with Crippen molar-refractivity contribution < 1.29 is 33.3 Å². The Bertz CT molecular complexity index is 1840. The van der Waals surface area contributed by atoms with Crippen LogP contribution in [0.2, 0.25) is 5.02 Å². The highest BCUT2D eigenvalue weighted by Crippen LogP contribution is 2.55. The first-order chi connectivity index (χ1) is 25.8. The number of hydrogen-bond donors (Lipinski definition) is 1. The molecule has 0 unspecified atom stereocenters. The molecule has 288 valence electrons. The van der Waals surface area contributed by atoms with Crippen molar-refractivity contribution in [3.8, 4) is 17.6 Å². The van der Waals surface area contributed by atoms with Crippen LogP contribution in [0.4, 0.5) is 5.82 Å². The van der Waals surface area contributed by atoms with Crippen LogP contribution in [0.3, 0.4) is 0 Å². The zero-order chi connectivity index (χ0) is 39.0. The molecule has 13 heteroatoms. The van der Waals surface area contributed by atoms with Crippen molar-refractivity contribution >= 4 is 35.3 Å². The lowest BCUT2D eigenvalue weighted by Gasteiger charge is -2.63. The highest BCUT2D eigenvalue weighted by molar-refractivity contribution is 6.31. The number of nitrogens with one attached hydrogen (secondary N) is 1. The number of ether oxygens (including phenoxy) is 4. The van der Waals surface area contributed by atoms with E-state index in [1.54, 1.807) is 42.6 Å². The zero-order valence-corrected chi connectivity index (χ0v) is 32.7. The molecular formula is C41H50ClN5O7. The topological polar surface area (TPSA) is 143 Å². The fourth-order valence-electron chi connectivity index (χ4n) is 7.87. The number of carbonyl (C=O) groups is 3. The first-order valence-electron chi connectivity index (χ1n) is 18.3. The minimum atomic E-state index is -0.510. The van der Waals surface area contributed by atoms with Gasteiger partial charge in [0.05, 0.1) is 49.0 Å². The summed E-state index contributed by atoms with van der Waals surface area (Å²) in [6.45, 7) is 13.4. The number of methoxy groups -OCH3 is 2. The van der Waals surface area contributed by atoms with Crippen molar-refractivity contribution in [2.24, 2.45) is 10.8 Å². The number of amides is 1. The maximum atomic E-state index is 13.4. The molecule has 1 aromatic heterocycles. The lowest BCUT2D eigenvalue weighted by atomic mass is 9.49. The average Bonchev–Trinajstić information content (AvgIpc) is 3.17. The van der Waals surface area contributed by atoms with Gasteiger partial charge in [-0.3, -0.25) is 14.5 Å². The molecule has 1 N–H and O–H groups in total. The van der Waals surface area contributed by atoms with E-state index in [9.17, 15) is 19.6 Å². The van der Waals surface area contributed by atoms with E-state index in [0.29, 0.717) is 45.4 Å². The van der Waals surface area contributed by atoms with Crippen molar-refractivity contribution in [3.05, 3.63) is 82.0 Å². The van der Waals surface area contributed by atoms with Gasteiger partial charge in [0.1, 0.15) is 29.5 Å². The third-order valence-corrected chi connectivity index (χ3v) is 10.9. The monoisotopic (exact) mass is 759 g/mol. The number of hydrogen-bond acceptors (Lipinski definition) is 11.